The van der Waals surface area contributed by atoms with E-state index in [1.54, 1.807) is 0 Å². The Kier molecular flexibility index (Phi) is 2.02. The first kappa shape index (κ1) is 10.4. The Morgan fingerprint density at radius 3 is 2.94 bits per heavy atom. The van der Waals surface area contributed by atoms with Crippen molar-refractivity contribution in [2.24, 2.45) is 17.8 Å². The zero-order valence-corrected chi connectivity index (χ0v) is 10.4. The lowest BCUT2D eigenvalue weighted by atomic mass is 9.71. The maximum absolute atomic E-state index is 7.68. The number of anilines is 2. The summed E-state index contributed by atoms with van der Waals surface area (Å²) >= 11 is 0. The van der Waals surface area contributed by atoms with Crippen molar-refractivity contribution in [1.29, 1.82) is 5.41 Å². The van der Waals surface area contributed by atoms with E-state index in [1.807, 2.05) is 6.07 Å². The molecule has 4 atom stereocenters. The Hall–Kier alpha value is -1.51. The second-order valence-corrected chi connectivity index (χ2v) is 6.08. The highest BCUT2D eigenvalue weighted by atomic mass is 14.9. The third kappa shape index (κ3) is 1.17. The molecule has 4 rings (SSSR count). The van der Waals surface area contributed by atoms with Crippen LogP contribution in [0, 0.1) is 23.2 Å². The molecule has 1 aromatic rings. The summed E-state index contributed by atoms with van der Waals surface area (Å²) in [4.78, 5) is 0. The van der Waals surface area contributed by atoms with E-state index in [-0.39, 0.29) is 0 Å². The molecule has 18 heavy (non-hydrogen) atoms. The van der Waals surface area contributed by atoms with Crippen molar-refractivity contribution < 1.29 is 0 Å². The maximum atomic E-state index is 7.68. The largest absolute Gasteiger partial charge is 0.398 e. The average molecular weight is 241 g/mol. The number of fused-ring (bicyclic) bond motifs is 7. The summed E-state index contributed by atoms with van der Waals surface area (Å²) in [6.07, 6.45) is 5.62. The van der Waals surface area contributed by atoms with E-state index in [9.17, 15) is 0 Å². The molecule has 4 N–H and O–H groups in total. The third-order valence-corrected chi connectivity index (χ3v) is 5.42. The van der Waals surface area contributed by atoms with Crippen molar-refractivity contribution in [2.75, 3.05) is 17.6 Å². The highest BCUT2D eigenvalue weighted by Crippen LogP contribution is 2.60. The molecule has 2 fully saturated rings. The summed E-state index contributed by atoms with van der Waals surface area (Å²) in [5.41, 5.74) is 10.3. The van der Waals surface area contributed by atoms with E-state index < -0.39 is 0 Å². The molecule has 0 aromatic heterocycles. The summed E-state index contributed by atoms with van der Waals surface area (Å²) in [7, 11) is 0. The van der Waals surface area contributed by atoms with E-state index >= 15 is 0 Å². The van der Waals surface area contributed by atoms with Crippen LogP contribution in [-0.2, 0) is 0 Å². The molecule has 0 amide bonds. The van der Waals surface area contributed by atoms with Gasteiger partial charge in [0, 0.05) is 29.7 Å². The van der Waals surface area contributed by atoms with Crippen molar-refractivity contribution >= 4 is 17.6 Å². The SMILES string of the molecule is N=Cc1c(N)ccc2c1C1C3CCC(C3)C1CN2. The van der Waals surface area contributed by atoms with Crippen LogP contribution in [0.1, 0.15) is 36.3 Å². The van der Waals surface area contributed by atoms with Crippen LogP contribution in [0.15, 0.2) is 12.1 Å². The number of nitrogens with two attached hydrogens (primary N) is 1. The van der Waals surface area contributed by atoms with E-state index in [4.69, 9.17) is 11.1 Å². The zero-order valence-electron chi connectivity index (χ0n) is 10.4. The smallest absolute Gasteiger partial charge is 0.0407 e. The number of hydrogen-bond acceptors (Lipinski definition) is 3. The van der Waals surface area contributed by atoms with E-state index in [1.165, 1.54) is 36.7 Å². The molecule has 2 aliphatic carbocycles. The molecule has 2 saturated carbocycles. The fraction of sp³-hybridized carbons (Fsp3) is 0.533. The normalized spacial score (nSPS) is 35.8. The van der Waals surface area contributed by atoms with Crippen molar-refractivity contribution in [3.05, 3.63) is 23.3 Å². The van der Waals surface area contributed by atoms with Gasteiger partial charge in [-0.2, -0.15) is 0 Å². The highest BCUT2D eigenvalue weighted by molar-refractivity contribution is 5.90. The predicted octanol–water partition coefficient (Wildman–Crippen LogP) is 2.82. The predicted molar refractivity (Wildman–Crippen MR) is 74.3 cm³/mol. The Bertz CT molecular complexity index is 523. The lowest BCUT2D eigenvalue weighted by Gasteiger charge is -2.38. The maximum Gasteiger partial charge on any atom is 0.0407 e. The van der Waals surface area contributed by atoms with Crippen LogP contribution in [0.4, 0.5) is 11.4 Å². The topological polar surface area (TPSA) is 61.9 Å². The quantitative estimate of drug-likeness (QED) is 0.523. The Morgan fingerprint density at radius 1 is 1.28 bits per heavy atom. The number of nitrogen functional groups attached to an aromatic ring is 1. The fourth-order valence-electron chi connectivity index (χ4n) is 4.71. The van der Waals surface area contributed by atoms with Crippen molar-refractivity contribution in [1.82, 2.24) is 0 Å². The Morgan fingerprint density at radius 2 is 2.11 bits per heavy atom. The Balaban J connectivity index is 1.91. The first-order valence-electron chi connectivity index (χ1n) is 6.96. The molecule has 3 aliphatic rings. The average Bonchev–Trinajstić information content (AvgIpc) is 2.99. The summed E-state index contributed by atoms with van der Waals surface area (Å²) in [6.45, 7) is 1.11. The second-order valence-electron chi connectivity index (χ2n) is 6.08. The van der Waals surface area contributed by atoms with Crippen LogP contribution in [0.3, 0.4) is 0 Å². The lowest BCUT2D eigenvalue weighted by Crippen LogP contribution is -2.33. The fourth-order valence-corrected chi connectivity index (χ4v) is 4.71. The number of rotatable bonds is 1. The number of benzene rings is 1. The molecular weight excluding hydrogens is 222 g/mol. The van der Waals surface area contributed by atoms with E-state index in [2.05, 4.69) is 11.4 Å². The van der Waals surface area contributed by atoms with Gasteiger partial charge in [-0.05, 0) is 60.6 Å². The van der Waals surface area contributed by atoms with Crippen LogP contribution < -0.4 is 11.1 Å². The van der Waals surface area contributed by atoms with Gasteiger partial charge in [-0.25, -0.2) is 0 Å². The minimum absolute atomic E-state index is 0.653. The van der Waals surface area contributed by atoms with Crippen LogP contribution in [0.2, 0.25) is 0 Å². The minimum Gasteiger partial charge on any atom is -0.398 e. The summed E-state index contributed by atoms with van der Waals surface area (Å²) in [5, 5.41) is 11.2. The van der Waals surface area contributed by atoms with Crippen LogP contribution in [-0.4, -0.2) is 12.8 Å². The monoisotopic (exact) mass is 241 g/mol. The molecule has 3 heteroatoms. The molecular formula is C15H19N3. The molecule has 0 spiro atoms. The van der Waals surface area contributed by atoms with Gasteiger partial charge in [0.05, 0.1) is 0 Å². The minimum atomic E-state index is 0.653. The molecule has 2 bridgehead atoms. The van der Waals surface area contributed by atoms with Crippen LogP contribution >= 0.6 is 0 Å². The summed E-state index contributed by atoms with van der Waals surface area (Å²) in [5.74, 6) is 3.17. The molecule has 1 heterocycles. The molecule has 94 valence electrons. The first-order valence-corrected chi connectivity index (χ1v) is 6.96. The van der Waals surface area contributed by atoms with Gasteiger partial charge in [-0.3, -0.25) is 0 Å². The van der Waals surface area contributed by atoms with Gasteiger partial charge in [0.25, 0.3) is 0 Å². The van der Waals surface area contributed by atoms with Crippen molar-refractivity contribution in [2.45, 2.75) is 25.2 Å². The molecule has 4 unspecified atom stereocenters. The molecule has 1 aliphatic heterocycles. The Labute approximate surface area is 107 Å². The third-order valence-electron chi connectivity index (χ3n) is 5.42. The van der Waals surface area contributed by atoms with E-state index in [0.29, 0.717) is 5.92 Å². The standard InChI is InChI=1S/C15H19N3/c16-6-10-12(17)3-4-13-15(10)14-9-2-1-8(5-9)11(14)7-18-13/h3-4,6,8-9,11,14,16,18H,1-2,5,7,17H2. The lowest BCUT2D eigenvalue weighted by molar-refractivity contribution is 0.294. The molecule has 1 aromatic carbocycles. The van der Waals surface area contributed by atoms with Crippen LogP contribution in [0.25, 0.3) is 0 Å². The summed E-state index contributed by atoms with van der Waals surface area (Å²) < 4.78 is 0. The van der Waals surface area contributed by atoms with Gasteiger partial charge >= 0.3 is 0 Å². The van der Waals surface area contributed by atoms with Gasteiger partial charge in [-0.15, -0.1) is 0 Å². The highest BCUT2D eigenvalue weighted by Gasteiger charge is 2.50. The van der Waals surface area contributed by atoms with Crippen molar-refractivity contribution in [3.8, 4) is 0 Å². The zero-order chi connectivity index (χ0) is 12.3. The van der Waals surface area contributed by atoms with Gasteiger partial charge in [-0.1, -0.05) is 0 Å². The van der Waals surface area contributed by atoms with E-state index in [0.717, 1.165) is 35.5 Å². The molecule has 0 radical (unpaired) electrons. The first-order chi connectivity index (χ1) is 8.79. The molecule has 3 nitrogen and oxygen atoms in total. The van der Waals surface area contributed by atoms with Gasteiger partial charge in [0.2, 0.25) is 0 Å². The van der Waals surface area contributed by atoms with Gasteiger partial charge in [0.1, 0.15) is 0 Å². The van der Waals surface area contributed by atoms with Crippen molar-refractivity contribution in [3.63, 3.8) is 0 Å². The van der Waals surface area contributed by atoms with Gasteiger partial charge < -0.3 is 16.5 Å². The number of nitrogens with one attached hydrogen (secondary N) is 2. The molecule has 0 saturated heterocycles. The second kappa shape index (κ2) is 3.50. The van der Waals surface area contributed by atoms with Gasteiger partial charge in [0.15, 0.2) is 0 Å². The van der Waals surface area contributed by atoms with Crippen LogP contribution in [0.5, 0.6) is 0 Å². The number of hydrogen-bond donors (Lipinski definition) is 3. The summed E-state index contributed by atoms with van der Waals surface area (Å²) in [6, 6.07) is 4.03.